The number of para-hydroxylation sites is 1. The van der Waals surface area contributed by atoms with Crippen LogP contribution in [0.2, 0.25) is 0 Å². The minimum Gasteiger partial charge on any atom is -0.478 e. The van der Waals surface area contributed by atoms with E-state index in [0.717, 1.165) is 31.9 Å². The number of hydrogen-bond donors (Lipinski definition) is 2. The van der Waals surface area contributed by atoms with Gasteiger partial charge in [-0.15, -0.1) is 12.4 Å². The highest BCUT2D eigenvalue weighted by Crippen LogP contribution is 2.20. The fourth-order valence-electron chi connectivity index (χ4n) is 1.84. The minimum absolute atomic E-state index is 0. The third-order valence-corrected chi connectivity index (χ3v) is 2.59. The van der Waals surface area contributed by atoms with Gasteiger partial charge < -0.3 is 15.3 Å². The summed E-state index contributed by atoms with van der Waals surface area (Å²) in [4.78, 5) is 13.1. The second-order valence-corrected chi connectivity index (χ2v) is 3.56. The molecule has 1 fully saturated rings. The summed E-state index contributed by atoms with van der Waals surface area (Å²) in [6.45, 7) is 3.55. The summed E-state index contributed by atoms with van der Waals surface area (Å²) in [6.07, 6.45) is 0. The maximum atomic E-state index is 11.0. The van der Waals surface area contributed by atoms with E-state index in [4.69, 9.17) is 5.11 Å². The number of hydrogen-bond acceptors (Lipinski definition) is 3. The SMILES string of the molecule is Cl.O=C(O)c1ccccc1N1CCNCC1. The van der Waals surface area contributed by atoms with Crippen LogP contribution in [0.3, 0.4) is 0 Å². The molecule has 16 heavy (non-hydrogen) atoms. The second-order valence-electron chi connectivity index (χ2n) is 3.56. The number of carbonyl (C=O) groups is 1. The zero-order valence-electron chi connectivity index (χ0n) is 8.85. The highest BCUT2D eigenvalue weighted by molar-refractivity contribution is 5.94. The van der Waals surface area contributed by atoms with Gasteiger partial charge in [-0.05, 0) is 12.1 Å². The number of rotatable bonds is 2. The predicted octanol–water partition coefficient (Wildman–Crippen LogP) is 1.22. The first-order chi connectivity index (χ1) is 7.29. The number of benzene rings is 1. The van der Waals surface area contributed by atoms with Crippen molar-refractivity contribution in [2.75, 3.05) is 31.1 Å². The number of aromatic carboxylic acids is 1. The number of piperazine rings is 1. The molecule has 0 aliphatic carbocycles. The smallest absolute Gasteiger partial charge is 0.337 e. The average molecular weight is 243 g/mol. The first-order valence-electron chi connectivity index (χ1n) is 5.07. The molecule has 0 unspecified atom stereocenters. The van der Waals surface area contributed by atoms with Crippen LogP contribution in [0.1, 0.15) is 10.4 Å². The molecule has 0 saturated carbocycles. The number of nitrogens with zero attached hydrogens (tertiary/aromatic N) is 1. The Hall–Kier alpha value is -1.26. The Morgan fingerprint density at radius 2 is 1.88 bits per heavy atom. The summed E-state index contributed by atoms with van der Waals surface area (Å²) >= 11 is 0. The van der Waals surface area contributed by atoms with Crippen molar-refractivity contribution in [3.05, 3.63) is 29.8 Å². The minimum atomic E-state index is -0.857. The van der Waals surface area contributed by atoms with Gasteiger partial charge in [0.25, 0.3) is 0 Å². The zero-order valence-corrected chi connectivity index (χ0v) is 9.67. The highest BCUT2D eigenvalue weighted by atomic mass is 35.5. The van der Waals surface area contributed by atoms with Crippen molar-refractivity contribution in [3.8, 4) is 0 Å². The second kappa shape index (κ2) is 5.72. The van der Waals surface area contributed by atoms with Gasteiger partial charge >= 0.3 is 5.97 Å². The van der Waals surface area contributed by atoms with E-state index < -0.39 is 5.97 Å². The Morgan fingerprint density at radius 3 is 2.50 bits per heavy atom. The maximum Gasteiger partial charge on any atom is 0.337 e. The van der Waals surface area contributed by atoms with Crippen molar-refractivity contribution in [2.24, 2.45) is 0 Å². The van der Waals surface area contributed by atoms with E-state index in [1.54, 1.807) is 12.1 Å². The first kappa shape index (κ1) is 12.8. The van der Waals surface area contributed by atoms with E-state index in [0.29, 0.717) is 5.56 Å². The van der Waals surface area contributed by atoms with Crippen molar-refractivity contribution < 1.29 is 9.90 Å². The standard InChI is InChI=1S/C11H14N2O2.ClH/c14-11(15)9-3-1-2-4-10(9)13-7-5-12-6-8-13;/h1-4,12H,5-8H2,(H,14,15);1H. The van der Waals surface area contributed by atoms with Crippen molar-refractivity contribution >= 4 is 24.1 Å². The van der Waals surface area contributed by atoms with Crippen molar-refractivity contribution in [1.29, 1.82) is 0 Å². The predicted molar refractivity (Wildman–Crippen MR) is 65.7 cm³/mol. The molecule has 2 rings (SSSR count). The van der Waals surface area contributed by atoms with E-state index in [9.17, 15) is 4.79 Å². The molecule has 1 saturated heterocycles. The van der Waals surface area contributed by atoms with Crippen LogP contribution in [0.5, 0.6) is 0 Å². The molecule has 0 radical (unpaired) electrons. The number of carboxylic acids is 1. The molecular formula is C11H15ClN2O2. The van der Waals surface area contributed by atoms with Gasteiger partial charge in [-0.3, -0.25) is 0 Å². The normalized spacial score (nSPS) is 15.4. The number of halogens is 1. The summed E-state index contributed by atoms with van der Waals surface area (Å²) in [5.74, 6) is -0.857. The van der Waals surface area contributed by atoms with Crippen LogP contribution in [0.25, 0.3) is 0 Å². The van der Waals surface area contributed by atoms with Crippen molar-refractivity contribution in [1.82, 2.24) is 5.32 Å². The summed E-state index contributed by atoms with van der Waals surface area (Å²) in [6, 6.07) is 7.16. The Labute approximate surface area is 101 Å². The fourth-order valence-corrected chi connectivity index (χ4v) is 1.84. The Kier molecular flexibility index (Phi) is 4.58. The highest BCUT2D eigenvalue weighted by Gasteiger charge is 2.16. The third-order valence-electron chi connectivity index (χ3n) is 2.59. The Morgan fingerprint density at radius 1 is 1.25 bits per heavy atom. The quantitative estimate of drug-likeness (QED) is 0.819. The van der Waals surface area contributed by atoms with Gasteiger partial charge in [0.1, 0.15) is 0 Å². The summed E-state index contributed by atoms with van der Waals surface area (Å²) in [5.41, 5.74) is 1.21. The van der Waals surface area contributed by atoms with Crippen molar-refractivity contribution in [3.63, 3.8) is 0 Å². The van der Waals surface area contributed by atoms with E-state index in [-0.39, 0.29) is 12.4 Å². The number of carboxylic acid groups (broad SMARTS) is 1. The Bertz CT molecular complexity index is 365. The molecule has 0 amide bonds. The molecule has 1 heterocycles. The molecular weight excluding hydrogens is 228 g/mol. The summed E-state index contributed by atoms with van der Waals surface area (Å²) in [5, 5.41) is 12.3. The fraction of sp³-hybridized carbons (Fsp3) is 0.364. The van der Waals surface area contributed by atoms with Crippen molar-refractivity contribution in [2.45, 2.75) is 0 Å². The molecule has 88 valence electrons. The largest absolute Gasteiger partial charge is 0.478 e. The third kappa shape index (κ3) is 2.65. The number of nitrogens with one attached hydrogen (secondary N) is 1. The van der Waals surface area contributed by atoms with Crippen LogP contribution >= 0.6 is 12.4 Å². The number of anilines is 1. The lowest BCUT2D eigenvalue weighted by atomic mass is 10.1. The van der Waals surface area contributed by atoms with Crippen LogP contribution in [0.15, 0.2) is 24.3 Å². The molecule has 1 aromatic carbocycles. The Balaban J connectivity index is 0.00000128. The van der Waals surface area contributed by atoms with Gasteiger partial charge in [0.05, 0.1) is 11.3 Å². The van der Waals surface area contributed by atoms with E-state index in [1.165, 1.54) is 0 Å². The lowest BCUT2D eigenvalue weighted by Crippen LogP contribution is -2.44. The summed E-state index contributed by atoms with van der Waals surface area (Å²) < 4.78 is 0. The van der Waals surface area contributed by atoms with Crippen LogP contribution < -0.4 is 10.2 Å². The van der Waals surface area contributed by atoms with Gasteiger partial charge in [0.2, 0.25) is 0 Å². The summed E-state index contributed by atoms with van der Waals surface area (Å²) in [7, 11) is 0. The molecule has 1 aliphatic heterocycles. The van der Waals surface area contributed by atoms with E-state index >= 15 is 0 Å². The molecule has 2 N–H and O–H groups in total. The van der Waals surface area contributed by atoms with E-state index in [2.05, 4.69) is 10.2 Å². The molecule has 0 atom stereocenters. The molecule has 0 bridgehead atoms. The lowest BCUT2D eigenvalue weighted by Gasteiger charge is -2.30. The molecule has 0 spiro atoms. The van der Waals surface area contributed by atoms with Gasteiger partial charge in [0, 0.05) is 26.2 Å². The molecule has 1 aliphatic rings. The van der Waals surface area contributed by atoms with Gasteiger partial charge in [-0.1, -0.05) is 12.1 Å². The molecule has 5 heteroatoms. The molecule has 4 nitrogen and oxygen atoms in total. The topological polar surface area (TPSA) is 52.6 Å². The monoisotopic (exact) mass is 242 g/mol. The van der Waals surface area contributed by atoms with Crippen LogP contribution in [0.4, 0.5) is 5.69 Å². The zero-order chi connectivity index (χ0) is 10.7. The lowest BCUT2D eigenvalue weighted by molar-refractivity contribution is 0.0697. The van der Waals surface area contributed by atoms with Crippen LogP contribution in [-0.2, 0) is 0 Å². The maximum absolute atomic E-state index is 11.0. The van der Waals surface area contributed by atoms with E-state index in [1.807, 2.05) is 12.1 Å². The molecule has 0 aromatic heterocycles. The average Bonchev–Trinajstić information content (AvgIpc) is 2.30. The van der Waals surface area contributed by atoms with Gasteiger partial charge in [-0.25, -0.2) is 4.79 Å². The first-order valence-corrected chi connectivity index (χ1v) is 5.07. The van der Waals surface area contributed by atoms with Gasteiger partial charge in [0.15, 0.2) is 0 Å². The van der Waals surface area contributed by atoms with Crippen LogP contribution in [-0.4, -0.2) is 37.3 Å². The molecule has 1 aromatic rings. The van der Waals surface area contributed by atoms with Gasteiger partial charge in [-0.2, -0.15) is 0 Å². The van der Waals surface area contributed by atoms with Crippen LogP contribution in [0, 0.1) is 0 Å².